The summed E-state index contributed by atoms with van der Waals surface area (Å²) in [7, 11) is 1.86. The van der Waals surface area contributed by atoms with E-state index in [9.17, 15) is 4.79 Å². The zero-order valence-corrected chi connectivity index (χ0v) is 13.5. The zero-order chi connectivity index (χ0) is 13.9. The van der Waals surface area contributed by atoms with Crippen molar-refractivity contribution in [1.82, 2.24) is 10.6 Å². The van der Waals surface area contributed by atoms with Crippen LogP contribution in [0.15, 0.2) is 24.3 Å². The predicted molar refractivity (Wildman–Crippen MR) is 85.7 cm³/mol. The molecule has 1 atom stereocenters. The van der Waals surface area contributed by atoms with Crippen molar-refractivity contribution in [3.05, 3.63) is 34.9 Å². The summed E-state index contributed by atoms with van der Waals surface area (Å²) < 4.78 is 0. The summed E-state index contributed by atoms with van der Waals surface area (Å²) in [4.78, 5) is 11.9. The molecule has 20 heavy (non-hydrogen) atoms. The van der Waals surface area contributed by atoms with E-state index in [0.29, 0.717) is 13.1 Å². The molecule has 2 rings (SSSR count). The number of rotatable bonds is 6. The first-order valence-corrected chi connectivity index (χ1v) is 7.13. The summed E-state index contributed by atoms with van der Waals surface area (Å²) in [5, 5.41) is 6.85. The summed E-state index contributed by atoms with van der Waals surface area (Å²) in [5.74, 6) is 0.114. The van der Waals surface area contributed by atoms with Crippen LogP contribution in [-0.4, -0.2) is 26.0 Å². The van der Waals surface area contributed by atoms with Gasteiger partial charge in [-0.25, -0.2) is 0 Å². The fourth-order valence-electron chi connectivity index (χ4n) is 2.37. The van der Waals surface area contributed by atoms with Crippen LogP contribution in [-0.2, 0) is 10.2 Å². The molecule has 2 N–H and O–H groups in total. The molecule has 0 heterocycles. The molecule has 1 aliphatic rings. The van der Waals surface area contributed by atoms with Crippen LogP contribution in [0.25, 0.3) is 0 Å². The van der Waals surface area contributed by atoms with Crippen molar-refractivity contribution in [2.75, 3.05) is 20.1 Å². The topological polar surface area (TPSA) is 41.1 Å². The van der Waals surface area contributed by atoms with Crippen molar-refractivity contribution in [1.29, 1.82) is 0 Å². The highest BCUT2D eigenvalue weighted by molar-refractivity contribution is 6.30. The molecule has 0 bridgehead atoms. The molecule has 1 amide bonds. The van der Waals surface area contributed by atoms with Crippen LogP contribution in [0.5, 0.6) is 0 Å². The quantitative estimate of drug-likeness (QED) is 0.847. The van der Waals surface area contributed by atoms with E-state index in [1.54, 1.807) is 0 Å². The third kappa shape index (κ3) is 4.11. The molecule has 112 valence electrons. The third-order valence-electron chi connectivity index (χ3n) is 3.85. The van der Waals surface area contributed by atoms with Gasteiger partial charge in [0.05, 0.1) is 0 Å². The average Bonchev–Trinajstić information content (AvgIpc) is 3.17. The number of amides is 1. The van der Waals surface area contributed by atoms with Gasteiger partial charge in [0.2, 0.25) is 5.91 Å². The molecule has 0 aromatic heterocycles. The zero-order valence-electron chi connectivity index (χ0n) is 11.9. The van der Waals surface area contributed by atoms with Gasteiger partial charge in [-0.1, -0.05) is 30.7 Å². The van der Waals surface area contributed by atoms with E-state index in [1.807, 2.05) is 32.2 Å². The van der Waals surface area contributed by atoms with Crippen LogP contribution in [0.1, 0.15) is 25.3 Å². The number of carbonyl (C=O) groups is 1. The Balaban J connectivity index is 0.00000200. The van der Waals surface area contributed by atoms with E-state index in [4.69, 9.17) is 11.6 Å². The third-order valence-corrected chi connectivity index (χ3v) is 4.08. The Morgan fingerprint density at radius 1 is 1.45 bits per heavy atom. The summed E-state index contributed by atoms with van der Waals surface area (Å²) >= 11 is 6.04. The molecule has 1 unspecified atom stereocenters. The first-order chi connectivity index (χ1) is 9.07. The van der Waals surface area contributed by atoms with Crippen LogP contribution >= 0.6 is 24.0 Å². The van der Waals surface area contributed by atoms with Gasteiger partial charge in [-0.2, -0.15) is 0 Å². The molecular weight excluding hydrogens is 295 g/mol. The maximum atomic E-state index is 11.9. The van der Waals surface area contributed by atoms with Crippen LogP contribution in [0.3, 0.4) is 0 Å². The van der Waals surface area contributed by atoms with Gasteiger partial charge in [-0.15, -0.1) is 12.4 Å². The van der Waals surface area contributed by atoms with E-state index in [1.165, 1.54) is 5.56 Å². The second-order valence-corrected chi connectivity index (χ2v) is 5.90. The molecule has 0 aliphatic heterocycles. The molecule has 1 fully saturated rings. The second-order valence-electron chi connectivity index (χ2n) is 5.47. The minimum atomic E-state index is 0. The van der Waals surface area contributed by atoms with Crippen LogP contribution in [0.2, 0.25) is 5.02 Å². The minimum absolute atomic E-state index is 0. The Morgan fingerprint density at radius 3 is 2.70 bits per heavy atom. The first-order valence-electron chi connectivity index (χ1n) is 6.76. The van der Waals surface area contributed by atoms with Crippen LogP contribution in [0.4, 0.5) is 0 Å². The standard InChI is InChI=1S/C15H21ClN2O.ClH/c1-11(9-17-2)14(19)18-10-15(6-7-15)12-4-3-5-13(16)8-12;/h3-5,8,11,17H,6-7,9-10H2,1-2H3,(H,18,19);1H. The van der Waals surface area contributed by atoms with Crippen molar-refractivity contribution < 1.29 is 4.79 Å². The number of benzene rings is 1. The molecule has 1 aromatic rings. The van der Waals surface area contributed by atoms with E-state index < -0.39 is 0 Å². The van der Waals surface area contributed by atoms with Gasteiger partial charge in [0, 0.05) is 29.4 Å². The lowest BCUT2D eigenvalue weighted by molar-refractivity contribution is -0.124. The molecule has 1 saturated carbocycles. The SMILES string of the molecule is CNCC(C)C(=O)NCC1(c2cccc(Cl)c2)CC1.Cl. The molecule has 1 aliphatic carbocycles. The van der Waals surface area contributed by atoms with E-state index >= 15 is 0 Å². The summed E-state index contributed by atoms with van der Waals surface area (Å²) in [6.07, 6.45) is 2.24. The molecule has 0 saturated heterocycles. The maximum Gasteiger partial charge on any atom is 0.224 e. The highest BCUT2D eigenvalue weighted by Crippen LogP contribution is 2.48. The van der Waals surface area contributed by atoms with E-state index in [-0.39, 0.29) is 29.6 Å². The van der Waals surface area contributed by atoms with Crippen molar-refractivity contribution in [2.45, 2.75) is 25.2 Å². The Labute approximate surface area is 131 Å². The summed E-state index contributed by atoms with van der Waals surface area (Å²) in [6.45, 7) is 3.35. The summed E-state index contributed by atoms with van der Waals surface area (Å²) in [5.41, 5.74) is 1.35. The van der Waals surface area contributed by atoms with Crippen molar-refractivity contribution in [3.63, 3.8) is 0 Å². The highest BCUT2D eigenvalue weighted by Gasteiger charge is 2.44. The van der Waals surface area contributed by atoms with Gasteiger partial charge in [-0.05, 0) is 37.6 Å². The van der Waals surface area contributed by atoms with Gasteiger partial charge in [0.1, 0.15) is 0 Å². The normalized spacial score (nSPS) is 16.9. The summed E-state index contributed by atoms with van der Waals surface area (Å²) in [6, 6.07) is 7.97. The number of nitrogens with one attached hydrogen (secondary N) is 2. The lowest BCUT2D eigenvalue weighted by atomic mass is 9.95. The first kappa shape index (κ1) is 17.3. The number of hydrogen-bond donors (Lipinski definition) is 2. The largest absolute Gasteiger partial charge is 0.355 e. The molecule has 0 spiro atoms. The Kier molecular flexibility index (Phi) is 6.31. The van der Waals surface area contributed by atoms with Crippen LogP contribution < -0.4 is 10.6 Å². The van der Waals surface area contributed by atoms with Gasteiger partial charge < -0.3 is 10.6 Å². The molecule has 0 radical (unpaired) electrons. The van der Waals surface area contributed by atoms with E-state index in [2.05, 4.69) is 16.7 Å². The van der Waals surface area contributed by atoms with Crippen molar-refractivity contribution in [2.24, 2.45) is 5.92 Å². The van der Waals surface area contributed by atoms with Gasteiger partial charge in [-0.3, -0.25) is 4.79 Å². The molecule has 1 aromatic carbocycles. The van der Waals surface area contributed by atoms with Crippen molar-refractivity contribution in [3.8, 4) is 0 Å². The molecule has 3 nitrogen and oxygen atoms in total. The van der Waals surface area contributed by atoms with Gasteiger partial charge in [0.15, 0.2) is 0 Å². The highest BCUT2D eigenvalue weighted by atomic mass is 35.5. The minimum Gasteiger partial charge on any atom is -0.355 e. The molecular formula is C15H22Cl2N2O. The average molecular weight is 317 g/mol. The Bertz CT molecular complexity index is 461. The fraction of sp³-hybridized carbons (Fsp3) is 0.533. The monoisotopic (exact) mass is 316 g/mol. The van der Waals surface area contributed by atoms with Gasteiger partial charge >= 0.3 is 0 Å². The van der Waals surface area contributed by atoms with Crippen LogP contribution in [0, 0.1) is 5.92 Å². The van der Waals surface area contributed by atoms with Crippen molar-refractivity contribution >= 4 is 29.9 Å². The Morgan fingerprint density at radius 2 is 2.15 bits per heavy atom. The smallest absolute Gasteiger partial charge is 0.224 e. The lowest BCUT2D eigenvalue weighted by Gasteiger charge is -2.19. The Hall–Kier alpha value is -0.770. The number of halogens is 2. The number of hydrogen-bond acceptors (Lipinski definition) is 2. The molecule has 5 heteroatoms. The van der Waals surface area contributed by atoms with Gasteiger partial charge in [0.25, 0.3) is 0 Å². The second kappa shape index (κ2) is 7.30. The fourth-order valence-corrected chi connectivity index (χ4v) is 2.56. The number of carbonyl (C=O) groups excluding carboxylic acids is 1. The van der Waals surface area contributed by atoms with E-state index in [0.717, 1.165) is 17.9 Å². The maximum absolute atomic E-state index is 11.9. The lowest BCUT2D eigenvalue weighted by Crippen LogP contribution is -2.38. The predicted octanol–water partition coefficient (Wildman–Crippen LogP) is 2.77.